The Kier molecular flexibility index (Phi) is 3.81. The molecule has 0 spiro atoms. The molecule has 0 radical (unpaired) electrons. The number of pyridine rings is 1. The number of rotatable bonds is 4. The molecule has 0 bridgehead atoms. The zero-order valence-electron chi connectivity index (χ0n) is 10.4. The zero-order chi connectivity index (χ0) is 13.1. The topological polar surface area (TPSA) is 59.8 Å². The summed E-state index contributed by atoms with van der Waals surface area (Å²) < 4.78 is 1.90. The van der Waals surface area contributed by atoms with E-state index in [1.54, 1.807) is 13.2 Å². The molecule has 0 fully saturated rings. The number of hydrogen-bond acceptors (Lipinski definition) is 3. The van der Waals surface area contributed by atoms with Crippen molar-refractivity contribution in [1.29, 1.82) is 0 Å². The van der Waals surface area contributed by atoms with Crippen molar-refractivity contribution in [2.45, 2.75) is 25.3 Å². The first-order valence-corrected chi connectivity index (χ1v) is 6.23. The van der Waals surface area contributed by atoms with Gasteiger partial charge in [-0.1, -0.05) is 0 Å². The van der Waals surface area contributed by atoms with Crippen LogP contribution in [0.1, 0.15) is 24.5 Å². The van der Waals surface area contributed by atoms with Crippen LogP contribution in [0.3, 0.4) is 0 Å². The molecule has 2 rings (SSSR count). The maximum Gasteiger partial charge on any atom is 0.221 e. The predicted molar refractivity (Wildman–Crippen MR) is 70.5 cm³/mol. The lowest BCUT2D eigenvalue weighted by atomic mass is 10.3. The van der Waals surface area contributed by atoms with Gasteiger partial charge < -0.3 is 9.88 Å². The van der Waals surface area contributed by atoms with Crippen LogP contribution in [0.4, 0.5) is 0 Å². The second kappa shape index (κ2) is 5.35. The van der Waals surface area contributed by atoms with E-state index < -0.39 is 0 Å². The SMILES string of the molecule is CNC(=O)CCn1c(C(C)Cl)nc2cccnc21. The number of imidazole rings is 1. The monoisotopic (exact) mass is 266 g/mol. The van der Waals surface area contributed by atoms with Gasteiger partial charge in [0.25, 0.3) is 0 Å². The summed E-state index contributed by atoms with van der Waals surface area (Å²) in [5.74, 6) is 0.732. The molecule has 2 aromatic heterocycles. The first-order chi connectivity index (χ1) is 8.63. The molecule has 1 unspecified atom stereocenters. The Morgan fingerprint density at radius 1 is 1.61 bits per heavy atom. The fourth-order valence-corrected chi connectivity index (χ4v) is 2.01. The van der Waals surface area contributed by atoms with Crippen LogP contribution >= 0.6 is 11.6 Å². The minimum Gasteiger partial charge on any atom is -0.359 e. The van der Waals surface area contributed by atoms with Crippen molar-refractivity contribution in [1.82, 2.24) is 19.9 Å². The summed E-state index contributed by atoms with van der Waals surface area (Å²) >= 11 is 6.12. The normalized spacial score (nSPS) is 12.6. The zero-order valence-corrected chi connectivity index (χ0v) is 11.1. The molecule has 0 saturated carbocycles. The Hall–Kier alpha value is -1.62. The molecule has 5 nitrogen and oxygen atoms in total. The van der Waals surface area contributed by atoms with Crippen molar-refractivity contribution in [2.24, 2.45) is 0 Å². The third-order valence-corrected chi connectivity index (χ3v) is 2.93. The molecule has 0 aliphatic heterocycles. The predicted octanol–water partition coefficient (Wildman–Crippen LogP) is 1.87. The molecule has 1 amide bonds. The van der Waals surface area contributed by atoms with E-state index in [0.717, 1.165) is 17.0 Å². The first-order valence-electron chi connectivity index (χ1n) is 5.79. The Balaban J connectivity index is 2.39. The highest BCUT2D eigenvalue weighted by Gasteiger charge is 2.15. The van der Waals surface area contributed by atoms with Crippen LogP contribution in [0.2, 0.25) is 0 Å². The van der Waals surface area contributed by atoms with E-state index >= 15 is 0 Å². The van der Waals surface area contributed by atoms with Gasteiger partial charge in [-0.3, -0.25) is 4.79 Å². The highest BCUT2D eigenvalue weighted by Crippen LogP contribution is 2.23. The molecule has 0 aliphatic rings. The van der Waals surface area contributed by atoms with Gasteiger partial charge in [-0.25, -0.2) is 9.97 Å². The fourth-order valence-electron chi connectivity index (χ4n) is 1.84. The summed E-state index contributed by atoms with van der Waals surface area (Å²) in [6.45, 7) is 2.39. The molecular weight excluding hydrogens is 252 g/mol. The van der Waals surface area contributed by atoms with Crippen molar-refractivity contribution >= 4 is 28.7 Å². The highest BCUT2D eigenvalue weighted by atomic mass is 35.5. The van der Waals surface area contributed by atoms with Gasteiger partial charge in [0.05, 0.1) is 5.38 Å². The molecule has 1 N–H and O–H groups in total. The van der Waals surface area contributed by atoms with Gasteiger partial charge in [0.2, 0.25) is 5.91 Å². The first kappa shape index (κ1) is 12.8. The Morgan fingerprint density at radius 3 is 3.06 bits per heavy atom. The molecule has 1 atom stereocenters. The van der Waals surface area contributed by atoms with E-state index in [1.165, 1.54) is 0 Å². The van der Waals surface area contributed by atoms with Crippen molar-refractivity contribution in [2.75, 3.05) is 7.05 Å². The Labute approximate surface area is 110 Å². The van der Waals surface area contributed by atoms with Gasteiger partial charge >= 0.3 is 0 Å². The molecule has 0 aliphatic carbocycles. The standard InChI is InChI=1S/C12H15ClN4O/c1-8(13)11-16-9-4-3-6-15-12(9)17(11)7-5-10(18)14-2/h3-4,6,8H,5,7H2,1-2H3,(H,14,18). The molecule has 6 heteroatoms. The summed E-state index contributed by atoms with van der Waals surface area (Å²) in [4.78, 5) is 20.1. The van der Waals surface area contributed by atoms with Crippen LogP contribution in [0.25, 0.3) is 11.2 Å². The van der Waals surface area contributed by atoms with Gasteiger partial charge in [-0.05, 0) is 19.1 Å². The largest absolute Gasteiger partial charge is 0.359 e. The lowest BCUT2D eigenvalue weighted by molar-refractivity contribution is -0.120. The smallest absolute Gasteiger partial charge is 0.221 e. The fraction of sp³-hybridized carbons (Fsp3) is 0.417. The number of fused-ring (bicyclic) bond motifs is 1. The number of halogens is 1. The van der Waals surface area contributed by atoms with Crippen LogP contribution in [0.15, 0.2) is 18.3 Å². The van der Waals surface area contributed by atoms with Gasteiger partial charge in [-0.15, -0.1) is 11.6 Å². The maximum absolute atomic E-state index is 11.3. The molecular formula is C12H15ClN4O. The summed E-state index contributed by atoms with van der Waals surface area (Å²) in [7, 11) is 1.62. The number of nitrogens with zero attached hydrogens (tertiary/aromatic N) is 3. The minimum atomic E-state index is -0.219. The minimum absolute atomic E-state index is 0.0130. The number of carbonyl (C=O) groups excluding carboxylic acids is 1. The lowest BCUT2D eigenvalue weighted by Crippen LogP contribution is -2.20. The number of nitrogens with one attached hydrogen (secondary N) is 1. The van der Waals surface area contributed by atoms with Crippen LogP contribution in [-0.4, -0.2) is 27.5 Å². The summed E-state index contributed by atoms with van der Waals surface area (Å²) in [6, 6.07) is 3.72. The van der Waals surface area contributed by atoms with Gasteiger partial charge in [0, 0.05) is 26.2 Å². The highest BCUT2D eigenvalue weighted by molar-refractivity contribution is 6.20. The van der Waals surface area contributed by atoms with E-state index in [0.29, 0.717) is 13.0 Å². The van der Waals surface area contributed by atoms with Crippen LogP contribution < -0.4 is 5.32 Å². The third kappa shape index (κ3) is 2.46. The number of carbonyl (C=O) groups is 1. The van der Waals surface area contributed by atoms with Gasteiger partial charge in [0.1, 0.15) is 11.3 Å². The van der Waals surface area contributed by atoms with Crippen molar-refractivity contribution in [3.05, 3.63) is 24.2 Å². The van der Waals surface area contributed by atoms with Crippen LogP contribution in [0, 0.1) is 0 Å². The number of hydrogen-bond donors (Lipinski definition) is 1. The van der Waals surface area contributed by atoms with E-state index in [9.17, 15) is 4.79 Å². The second-order valence-electron chi connectivity index (χ2n) is 4.01. The van der Waals surface area contributed by atoms with Crippen molar-refractivity contribution in [3.63, 3.8) is 0 Å². The van der Waals surface area contributed by atoms with Crippen molar-refractivity contribution < 1.29 is 4.79 Å². The van der Waals surface area contributed by atoms with E-state index in [1.807, 2.05) is 23.6 Å². The van der Waals surface area contributed by atoms with Gasteiger partial charge in [-0.2, -0.15) is 0 Å². The number of amides is 1. The Bertz CT molecular complexity index is 564. The maximum atomic E-state index is 11.3. The third-order valence-electron chi connectivity index (χ3n) is 2.73. The van der Waals surface area contributed by atoms with E-state index in [4.69, 9.17) is 11.6 Å². The van der Waals surface area contributed by atoms with Crippen LogP contribution in [-0.2, 0) is 11.3 Å². The second-order valence-corrected chi connectivity index (χ2v) is 4.66. The Morgan fingerprint density at radius 2 is 2.39 bits per heavy atom. The lowest BCUT2D eigenvalue weighted by Gasteiger charge is -2.09. The molecule has 0 saturated heterocycles. The average Bonchev–Trinajstić information content (AvgIpc) is 2.75. The number of alkyl halides is 1. The molecule has 18 heavy (non-hydrogen) atoms. The number of aryl methyl sites for hydroxylation is 1. The summed E-state index contributed by atoms with van der Waals surface area (Å²) in [5.41, 5.74) is 1.57. The molecule has 96 valence electrons. The quantitative estimate of drug-likeness (QED) is 0.860. The van der Waals surface area contributed by atoms with Crippen molar-refractivity contribution in [3.8, 4) is 0 Å². The average molecular weight is 267 g/mol. The summed E-state index contributed by atoms with van der Waals surface area (Å²) in [6.07, 6.45) is 2.10. The van der Waals surface area contributed by atoms with Gasteiger partial charge in [0.15, 0.2) is 5.65 Å². The summed E-state index contributed by atoms with van der Waals surface area (Å²) in [5, 5.41) is 2.38. The van der Waals surface area contributed by atoms with E-state index in [-0.39, 0.29) is 11.3 Å². The number of aromatic nitrogens is 3. The van der Waals surface area contributed by atoms with E-state index in [2.05, 4.69) is 15.3 Å². The molecule has 2 aromatic rings. The molecule has 2 heterocycles. The van der Waals surface area contributed by atoms with Crippen LogP contribution in [0.5, 0.6) is 0 Å². The molecule has 0 aromatic carbocycles.